The van der Waals surface area contributed by atoms with E-state index in [1.807, 2.05) is 5.38 Å². The van der Waals surface area contributed by atoms with Gasteiger partial charge in [-0.25, -0.2) is 9.97 Å². The van der Waals surface area contributed by atoms with Gasteiger partial charge in [0, 0.05) is 5.38 Å². The zero-order chi connectivity index (χ0) is 10.1. The second-order valence-electron chi connectivity index (χ2n) is 2.80. The van der Waals surface area contributed by atoms with E-state index in [2.05, 4.69) is 32.8 Å². The van der Waals surface area contributed by atoms with Gasteiger partial charge in [0.2, 0.25) is 5.28 Å². The van der Waals surface area contributed by atoms with Crippen molar-refractivity contribution in [3.8, 4) is 0 Å². The average molecular weight is 291 g/mol. The lowest BCUT2D eigenvalue weighted by atomic mass is 10.2. The predicted octanol–water partition coefficient (Wildman–Crippen LogP) is 3.87. The normalized spacial score (nSPS) is 11.1. The molecule has 73 valence electrons. The minimum atomic E-state index is 0.306. The largest absolute Gasteiger partial charge is 0.223 e. The SMILES string of the molecule is [CH2]CCc1nc(Cl)nc2c(Br)csc12. The summed E-state index contributed by atoms with van der Waals surface area (Å²) in [6.07, 6.45) is 1.66. The zero-order valence-corrected chi connectivity index (χ0v) is 10.4. The van der Waals surface area contributed by atoms with Crippen molar-refractivity contribution in [2.24, 2.45) is 0 Å². The first kappa shape index (κ1) is 10.3. The van der Waals surface area contributed by atoms with Crippen LogP contribution in [0.2, 0.25) is 5.28 Å². The second kappa shape index (κ2) is 4.13. The maximum atomic E-state index is 5.83. The Kier molecular flexibility index (Phi) is 3.04. The molecule has 0 aliphatic rings. The van der Waals surface area contributed by atoms with Gasteiger partial charge in [-0.3, -0.25) is 0 Å². The van der Waals surface area contributed by atoms with Gasteiger partial charge < -0.3 is 0 Å². The molecule has 2 rings (SSSR count). The van der Waals surface area contributed by atoms with Gasteiger partial charge >= 0.3 is 0 Å². The topological polar surface area (TPSA) is 25.8 Å². The number of hydrogen-bond acceptors (Lipinski definition) is 3. The Labute approximate surface area is 99.5 Å². The van der Waals surface area contributed by atoms with Gasteiger partial charge in [-0.2, -0.15) is 0 Å². The number of hydrogen-bond donors (Lipinski definition) is 0. The fraction of sp³-hybridized carbons (Fsp3) is 0.222. The molecule has 0 aromatic carbocycles. The number of fused-ring (bicyclic) bond motifs is 1. The molecule has 14 heavy (non-hydrogen) atoms. The van der Waals surface area contributed by atoms with Crippen molar-refractivity contribution in [2.75, 3.05) is 0 Å². The molecule has 5 heteroatoms. The van der Waals surface area contributed by atoms with Crippen LogP contribution >= 0.6 is 38.9 Å². The Hall–Kier alpha value is -0.190. The third-order valence-electron chi connectivity index (χ3n) is 1.83. The van der Waals surface area contributed by atoms with Crippen molar-refractivity contribution in [3.05, 3.63) is 27.8 Å². The van der Waals surface area contributed by atoms with Crippen LogP contribution in [0.5, 0.6) is 0 Å². The molecule has 0 saturated carbocycles. The molecule has 0 bridgehead atoms. The number of rotatable bonds is 2. The summed E-state index contributed by atoms with van der Waals surface area (Å²) in [6.45, 7) is 3.81. The molecule has 2 aromatic heterocycles. The fourth-order valence-electron chi connectivity index (χ4n) is 1.26. The molecule has 0 atom stereocenters. The second-order valence-corrected chi connectivity index (χ2v) is 4.88. The van der Waals surface area contributed by atoms with Crippen molar-refractivity contribution in [1.82, 2.24) is 9.97 Å². The molecule has 0 saturated heterocycles. The summed E-state index contributed by atoms with van der Waals surface area (Å²) in [7, 11) is 0. The van der Waals surface area contributed by atoms with E-state index in [1.54, 1.807) is 11.3 Å². The molecule has 0 fully saturated rings. The van der Waals surface area contributed by atoms with E-state index in [-0.39, 0.29) is 0 Å². The summed E-state index contributed by atoms with van der Waals surface area (Å²) in [5.74, 6) is 0. The summed E-state index contributed by atoms with van der Waals surface area (Å²) in [6, 6.07) is 0. The maximum Gasteiger partial charge on any atom is 0.223 e. The van der Waals surface area contributed by atoms with Crippen LogP contribution in [-0.2, 0) is 6.42 Å². The van der Waals surface area contributed by atoms with Gasteiger partial charge in [0.05, 0.1) is 14.9 Å². The molecule has 2 aromatic rings. The van der Waals surface area contributed by atoms with Crippen LogP contribution in [0.4, 0.5) is 0 Å². The van der Waals surface area contributed by atoms with Gasteiger partial charge in [-0.1, -0.05) is 6.92 Å². The van der Waals surface area contributed by atoms with Gasteiger partial charge in [-0.05, 0) is 40.4 Å². The zero-order valence-electron chi connectivity index (χ0n) is 7.26. The van der Waals surface area contributed by atoms with Gasteiger partial charge in [0.15, 0.2) is 0 Å². The molecule has 0 spiro atoms. The molecule has 2 nitrogen and oxygen atoms in total. The molecular formula is C9H7BrClN2S. The van der Waals surface area contributed by atoms with E-state index in [1.165, 1.54) is 0 Å². The predicted molar refractivity (Wildman–Crippen MR) is 63.8 cm³/mol. The summed E-state index contributed by atoms with van der Waals surface area (Å²) in [5.41, 5.74) is 1.89. The smallest absolute Gasteiger partial charge is 0.221 e. The van der Waals surface area contributed by atoms with Crippen molar-refractivity contribution in [1.29, 1.82) is 0 Å². The number of halogens is 2. The van der Waals surface area contributed by atoms with Crippen molar-refractivity contribution >= 4 is 49.1 Å². The van der Waals surface area contributed by atoms with Gasteiger partial charge in [0.25, 0.3) is 0 Å². The monoisotopic (exact) mass is 289 g/mol. The van der Waals surface area contributed by atoms with E-state index in [4.69, 9.17) is 11.6 Å². The molecule has 0 aliphatic heterocycles. The molecule has 0 amide bonds. The fourth-order valence-corrected chi connectivity index (χ4v) is 3.02. The van der Waals surface area contributed by atoms with Crippen LogP contribution in [0, 0.1) is 6.92 Å². The van der Waals surface area contributed by atoms with E-state index >= 15 is 0 Å². The number of aromatic nitrogens is 2. The summed E-state index contributed by atoms with van der Waals surface area (Å²) < 4.78 is 2.08. The lowest BCUT2D eigenvalue weighted by Gasteiger charge is -2.00. The van der Waals surface area contributed by atoms with Crippen molar-refractivity contribution in [2.45, 2.75) is 12.8 Å². The van der Waals surface area contributed by atoms with Gasteiger partial charge in [0.1, 0.15) is 5.52 Å². The Bertz CT molecular complexity index is 469. The lowest BCUT2D eigenvalue weighted by molar-refractivity contribution is 0.948. The Morgan fingerprint density at radius 2 is 2.29 bits per heavy atom. The number of thiophene rings is 1. The summed E-state index contributed by atoms with van der Waals surface area (Å²) in [4.78, 5) is 8.38. The summed E-state index contributed by atoms with van der Waals surface area (Å²) >= 11 is 10.9. The first-order chi connectivity index (χ1) is 6.72. The van der Waals surface area contributed by atoms with E-state index in [0.29, 0.717) is 5.28 Å². The number of aryl methyl sites for hydroxylation is 1. The van der Waals surface area contributed by atoms with Crippen LogP contribution in [-0.4, -0.2) is 9.97 Å². The first-order valence-electron chi connectivity index (χ1n) is 4.10. The highest BCUT2D eigenvalue weighted by Gasteiger charge is 2.10. The summed E-state index contributed by atoms with van der Waals surface area (Å²) in [5, 5.41) is 2.31. The Balaban J connectivity index is 2.68. The van der Waals surface area contributed by atoms with Crippen molar-refractivity contribution < 1.29 is 0 Å². The van der Waals surface area contributed by atoms with Crippen LogP contribution in [0.3, 0.4) is 0 Å². The molecule has 0 unspecified atom stereocenters. The highest BCUT2D eigenvalue weighted by Crippen LogP contribution is 2.31. The molecule has 0 N–H and O–H groups in total. The van der Waals surface area contributed by atoms with Crippen LogP contribution in [0.25, 0.3) is 10.2 Å². The standard InChI is InChI=1S/C9H7BrClN2S/c1-2-3-6-8-7(5(10)4-14-8)13-9(11)12-6/h4H,1-3H2. The minimum absolute atomic E-state index is 0.306. The van der Waals surface area contributed by atoms with Gasteiger partial charge in [-0.15, -0.1) is 11.3 Å². The Morgan fingerprint density at radius 3 is 3.00 bits per heavy atom. The highest BCUT2D eigenvalue weighted by atomic mass is 79.9. The van der Waals surface area contributed by atoms with Crippen LogP contribution < -0.4 is 0 Å². The van der Waals surface area contributed by atoms with E-state index < -0.39 is 0 Å². The van der Waals surface area contributed by atoms with E-state index in [9.17, 15) is 0 Å². The van der Waals surface area contributed by atoms with E-state index in [0.717, 1.165) is 33.2 Å². The Morgan fingerprint density at radius 1 is 1.50 bits per heavy atom. The van der Waals surface area contributed by atoms with Crippen LogP contribution in [0.1, 0.15) is 12.1 Å². The highest BCUT2D eigenvalue weighted by molar-refractivity contribution is 9.10. The molecular weight excluding hydrogens is 284 g/mol. The molecule has 0 aliphatic carbocycles. The third kappa shape index (κ3) is 1.78. The number of nitrogens with zero attached hydrogens (tertiary/aromatic N) is 2. The molecule has 1 radical (unpaired) electrons. The average Bonchev–Trinajstić information content (AvgIpc) is 2.49. The maximum absolute atomic E-state index is 5.83. The third-order valence-corrected chi connectivity index (χ3v) is 3.92. The quantitative estimate of drug-likeness (QED) is 0.785. The first-order valence-corrected chi connectivity index (χ1v) is 6.16. The van der Waals surface area contributed by atoms with Crippen LogP contribution in [0.15, 0.2) is 9.85 Å². The van der Waals surface area contributed by atoms with Crippen molar-refractivity contribution in [3.63, 3.8) is 0 Å². The minimum Gasteiger partial charge on any atom is -0.221 e. The molecule has 2 heterocycles. The lowest BCUT2D eigenvalue weighted by Crippen LogP contribution is -1.92.